The van der Waals surface area contributed by atoms with Crippen LogP contribution in [0.1, 0.15) is 25.3 Å². The molecule has 1 heterocycles. The Morgan fingerprint density at radius 2 is 1.85 bits per heavy atom. The van der Waals surface area contributed by atoms with Gasteiger partial charge in [0.2, 0.25) is 5.91 Å². The molecule has 1 amide bonds. The molecule has 1 aromatic heterocycles. The van der Waals surface area contributed by atoms with Gasteiger partial charge in [-0.15, -0.1) is 5.10 Å². The quantitative estimate of drug-likeness (QED) is 0.654. The van der Waals surface area contributed by atoms with E-state index in [2.05, 4.69) is 29.2 Å². The summed E-state index contributed by atoms with van der Waals surface area (Å²) in [5, 5.41) is 7.47. The van der Waals surface area contributed by atoms with Crippen molar-refractivity contribution in [1.29, 1.82) is 0 Å². The lowest BCUT2D eigenvalue weighted by atomic mass is 10.0. The molecule has 0 fully saturated rings. The van der Waals surface area contributed by atoms with Gasteiger partial charge >= 0.3 is 5.69 Å². The van der Waals surface area contributed by atoms with Crippen molar-refractivity contribution in [2.24, 2.45) is 0 Å². The number of aromatic amines is 1. The third-order valence-electron chi connectivity index (χ3n) is 3.80. The van der Waals surface area contributed by atoms with Crippen molar-refractivity contribution in [2.45, 2.75) is 24.9 Å². The van der Waals surface area contributed by atoms with Crippen LogP contribution in [0.25, 0.3) is 5.69 Å². The zero-order valence-corrected chi connectivity index (χ0v) is 15.4. The smallest absolute Gasteiger partial charge is 0.325 e. The van der Waals surface area contributed by atoms with Gasteiger partial charge in [-0.05, 0) is 35.7 Å². The number of nitrogens with one attached hydrogen (secondary N) is 2. The Bertz CT molecular complexity index is 930. The number of carbonyl (C=O) groups excluding carboxylic acids is 1. The molecular formula is C19H20N4O2S. The van der Waals surface area contributed by atoms with E-state index in [-0.39, 0.29) is 17.3 Å². The fourth-order valence-corrected chi connectivity index (χ4v) is 3.04. The van der Waals surface area contributed by atoms with Gasteiger partial charge in [-0.3, -0.25) is 9.78 Å². The van der Waals surface area contributed by atoms with Gasteiger partial charge in [0.05, 0.1) is 11.4 Å². The van der Waals surface area contributed by atoms with Crippen LogP contribution in [0.2, 0.25) is 0 Å². The van der Waals surface area contributed by atoms with Crippen LogP contribution in [0.5, 0.6) is 0 Å². The highest BCUT2D eigenvalue weighted by Crippen LogP contribution is 2.18. The van der Waals surface area contributed by atoms with Crippen molar-refractivity contribution >= 4 is 23.4 Å². The van der Waals surface area contributed by atoms with Gasteiger partial charge in [0, 0.05) is 5.69 Å². The number of amides is 1. The molecule has 0 spiro atoms. The molecule has 3 aromatic rings. The first-order chi connectivity index (χ1) is 12.5. The number of benzene rings is 2. The Kier molecular flexibility index (Phi) is 5.58. The van der Waals surface area contributed by atoms with Crippen LogP contribution in [0, 0.1) is 0 Å². The molecule has 7 heteroatoms. The average Bonchev–Trinajstić information content (AvgIpc) is 3.02. The summed E-state index contributed by atoms with van der Waals surface area (Å²) >= 11 is 1.19. The minimum Gasteiger partial charge on any atom is -0.325 e. The van der Waals surface area contributed by atoms with E-state index in [1.807, 2.05) is 42.5 Å². The van der Waals surface area contributed by atoms with E-state index < -0.39 is 0 Å². The second kappa shape index (κ2) is 8.05. The first-order valence-electron chi connectivity index (χ1n) is 8.30. The number of para-hydroxylation sites is 1. The van der Waals surface area contributed by atoms with E-state index in [4.69, 9.17) is 0 Å². The SMILES string of the molecule is CC(C)c1ccc(NC(=O)CSc2nn(-c3ccccc3)c(=O)[nH]2)cc1. The van der Waals surface area contributed by atoms with Crippen molar-refractivity contribution in [1.82, 2.24) is 14.8 Å². The fourth-order valence-electron chi connectivity index (χ4n) is 2.40. The van der Waals surface area contributed by atoms with E-state index in [1.165, 1.54) is 22.0 Å². The zero-order valence-electron chi connectivity index (χ0n) is 14.6. The van der Waals surface area contributed by atoms with Crippen LogP contribution >= 0.6 is 11.8 Å². The lowest BCUT2D eigenvalue weighted by Crippen LogP contribution is -2.15. The van der Waals surface area contributed by atoms with E-state index >= 15 is 0 Å². The normalized spacial score (nSPS) is 10.9. The first-order valence-corrected chi connectivity index (χ1v) is 9.29. The number of H-pyrrole nitrogens is 1. The van der Waals surface area contributed by atoms with E-state index in [1.54, 1.807) is 12.1 Å². The van der Waals surface area contributed by atoms with Gasteiger partial charge in [0.25, 0.3) is 0 Å². The number of aromatic nitrogens is 3. The second-order valence-electron chi connectivity index (χ2n) is 6.10. The van der Waals surface area contributed by atoms with Gasteiger partial charge in [-0.25, -0.2) is 4.79 Å². The molecule has 0 saturated carbocycles. The molecule has 0 aliphatic rings. The van der Waals surface area contributed by atoms with Crippen LogP contribution in [-0.2, 0) is 4.79 Å². The Morgan fingerprint density at radius 1 is 1.15 bits per heavy atom. The molecular weight excluding hydrogens is 348 g/mol. The Balaban J connectivity index is 1.59. The summed E-state index contributed by atoms with van der Waals surface area (Å²) in [6, 6.07) is 16.9. The Hall–Kier alpha value is -2.80. The van der Waals surface area contributed by atoms with E-state index in [0.29, 0.717) is 16.8 Å². The molecule has 3 rings (SSSR count). The van der Waals surface area contributed by atoms with Crippen molar-refractivity contribution in [3.8, 4) is 5.69 Å². The van der Waals surface area contributed by atoms with Crippen LogP contribution in [0.15, 0.2) is 64.5 Å². The average molecular weight is 368 g/mol. The predicted molar refractivity (Wildman–Crippen MR) is 104 cm³/mol. The van der Waals surface area contributed by atoms with Gasteiger partial charge in [0.1, 0.15) is 0 Å². The summed E-state index contributed by atoms with van der Waals surface area (Å²) in [6.45, 7) is 4.25. The van der Waals surface area contributed by atoms with Crippen LogP contribution < -0.4 is 11.0 Å². The molecule has 6 nitrogen and oxygen atoms in total. The lowest BCUT2D eigenvalue weighted by Gasteiger charge is -2.08. The van der Waals surface area contributed by atoms with Crippen molar-refractivity contribution < 1.29 is 4.79 Å². The molecule has 0 aliphatic carbocycles. The molecule has 0 radical (unpaired) electrons. The summed E-state index contributed by atoms with van der Waals surface area (Å²) in [7, 11) is 0. The maximum atomic E-state index is 12.1. The third-order valence-corrected chi connectivity index (χ3v) is 4.66. The number of hydrogen-bond acceptors (Lipinski definition) is 4. The summed E-state index contributed by atoms with van der Waals surface area (Å²) in [5.74, 6) is 0.461. The summed E-state index contributed by atoms with van der Waals surface area (Å²) < 4.78 is 1.28. The molecule has 0 saturated heterocycles. The minimum atomic E-state index is -0.330. The molecule has 0 aliphatic heterocycles. The largest absolute Gasteiger partial charge is 0.348 e. The number of hydrogen-bond donors (Lipinski definition) is 2. The maximum absolute atomic E-state index is 12.1. The molecule has 0 bridgehead atoms. The van der Waals surface area contributed by atoms with Crippen molar-refractivity contribution in [3.05, 3.63) is 70.6 Å². The highest BCUT2D eigenvalue weighted by atomic mass is 32.2. The van der Waals surface area contributed by atoms with E-state index in [0.717, 1.165) is 5.69 Å². The molecule has 2 N–H and O–H groups in total. The van der Waals surface area contributed by atoms with E-state index in [9.17, 15) is 9.59 Å². The third kappa shape index (κ3) is 4.43. The van der Waals surface area contributed by atoms with Gasteiger partial charge in [-0.1, -0.05) is 55.9 Å². The number of carbonyl (C=O) groups is 1. The molecule has 0 atom stereocenters. The predicted octanol–water partition coefficient (Wildman–Crippen LogP) is 3.41. The van der Waals surface area contributed by atoms with Crippen LogP contribution in [0.3, 0.4) is 0 Å². The number of thioether (sulfide) groups is 1. The monoisotopic (exact) mass is 368 g/mol. The number of anilines is 1. The van der Waals surface area contributed by atoms with Crippen LogP contribution in [-0.4, -0.2) is 26.4 Å². The van der Waals surface area contributed by atoms with Gasteiger partial charge in [-0.2, -0.15) is 4.68 Å². The van der Waals surface area contributed by atoms with Gasteiger partial charge < -0.3 is 5.32 Å². The molecule has 26 heavy (non-hydrogen) atoms. The maximum Gasteiger partial charge on any atom is 0.348 e. The molecule has 2 aromatic carbocycles. The number of nitrogens with zero attached hydrogens (tertiary/aromatic N) is 2. The van der Waals surface area contributed by atoms with Crippen LogP contribution in [0.4, 0.5) is 5.69 Å². The Labute approximate surface area is 155 Å². The summed E-state index contributed by atoms with van der Waals surface area (Å²) in [6.07, 6.45) is 0. The molecule has 0 unspecified atom stereocenters. The second-order valence-corrected chi connectivity index (χ2v) is 7.06. The highest BCUT2D eigenvalue weighted by Gasteiger charge is 2.10. The van der Waals surface area contributed by atoms with Gasteiger partial charge in [0.15, 0.2) is 5.16 Å². The topological polar surface area (TPSA) is 79.8 Å². The molecule has 134 valence electrons. The minimum absolute atomic E-state index is 0.151. The zero-order chi connectivity index (χ0) is 18.5. The fraction of sp³-hybridized carbons (Fsp3) is 0.211. The highest BCUT2D eigenvalue weighted by molar-refractivity contribution is 7.99. The lowest BCUT2D eigenvalue weighted by molar-refractivity contribution is -0.113. The Morgan fingerprint density at radius 3 is 2.50 bits per heavy atom. The summed E-state index contributed by atoms with van der Waals surface area (Å²) in [5.41, 5.74) is 2.32. The number of rotatable bonds is 6. The summed E-state index contributed by atoms with van der Waals surface area (Å²) in [4.78, 5) is 26.8. The van der Waals surface area contributed by atoms with Crippen molar-refractivity contribution in [2.75, 3.05) is 11.1 Å². The standard InChI is InChI=1S/C19H20N4O2S/c1-13(2)14-8-10-15(11-9-14)20-17(24)12-26-18-21-19(25)23(22-18)16-6-4-3-5-7-16/h3-11,13H,12H2,1-2H3,(H,20,24)(H,21,22,25). The van der Waals surface area contributed by atoms with Crippen molar-refractivity contribution in [3.63, 3.8) is 0 Å². The first kappa shape index (κ1) is 18.0.